The van der Waals surface area contributed by atoms with E-state index >= 15 is 0 Å². The fourth-order valence-corrected chi connectivity index (χ4v) is 2.98. The van der Waals surface area contributed by atoms with E-state index in [1.165, 1.54) is 0 Å². The average molecular weight is 363 g/mol. The lowest BCUT2D eigenvalue weighted by Crippen LogP contribution is -2.37. The van der Waals surface area contributed by atoms with Gasteiger partial charge in [-0.1, -0.05) is 23.4 Å². The molecule has 1 atom stereocenters. The smallest absolute Gasteiger partial charge is 0.253 e. The van der Waals surface area contributed by atoms with Crippen molar-refractivity contribution in [3.05, 3.63) is 74.0 Å². The van der Waals surface area contributed by atoms with Crippen LogP contribution in [0.5, 0.6) is 5.75 Å². The van der Waals surface area contributed by atoms with Crippen molar-refractivity contribution < 1.29 is 5.11 Å². The maximum absolute atomic E-state index is 12.0. The molecule has 1 aromatic heterocycles. The molecule has 0 spiro atoms. The molecule has 0 aliphatic rings. The van der Waals surface area contributed by atoms with Crippen LogP contribution in [0.4, 0.5) is 11.4 Å². The fourth-order valence-electron chi connectivity index (χ4n) is 2.98. The number of phenolic OH excluding ortho intramolecular Hbond substituents is 1. The molecule has 27 heavy (non-hydrogen) atoms. The normalized spacial score (nSPS) is 12.3. The van der Waals surface area contributed by atoms with Crippen LogP contribution < -0.4 is 21.5 Å². The summed E-state index contributed by atoms with van der Waals surface area (Å²) in [6, 6.07) is 12.1. The second-order valence-corrected chi connectivity index (χ2v) is 6.39. The van der Waals surface area contributed by atoms with Gasteiger partial charge in [-0.2, -0.15) is 0 Å². The predicted molar refractivity (Wildman–Crippen MR) is 103 cm³/mol. The molecule has 0 unspecified atom stereocenters. The highest BCUT2D eigenvalue weighted by Crippen LogP contribution is 2.24. The summed E-state index contributed by atoms with van der Waals surface area (Å²) in [5, 5.41) is 26.2. The molecule has 0 aliphatic carbocycles. The third-order valence-electron chi connectivity index (χ3n) is 4.50. The zero-order chi connectivity index (χ0) is 19.0. The number of aromatic nitrogens is 3. The van der Waals surface area contributed by atoms with Gasteiger partial charge in [0, 0.05) is 12.6 Å². The molecule has 4 rings (SSSR count). The summed E-state index contributed by atoms with van der Waals surface area (Å²) >= 11 is 0. The van der Waals surface area contributed by atoms with Gasteiger partial charge in [-0.15, -0.1) is 5.10 Å². The highest BCUT2D eigenvalue weighted by Gasteiger charge is 2.22. The van der Waals surface area contributed by atoms with Crippen LogP contribution in [-0.4, -0.2) is 20.5 Å². The van der Waals surface area contributed by atoms with E-state index in [1.54, 1.807) is 18.2 Å². The van der Waals surface area contributed by atoms with Gasteiger partial charge in [0.05, 0.1) is 5.52 Å². The number of anilines is 2. The van der Waals surface area contributed by atoms with Crippen LogP contribution in [0.2, 0.25) is 0 Å². The first kappa shape index (κ1) is 16.8. The van der Waals surface area contributed by atoms with Gasteiger partial charge in [0.2, 0.25) is 0 Å². The molecule has 8 nitrogen and oxygen atoms in total. The number of benzene rings is 2. The van der Waals surface area contributed by atoms with E-state index in [-0.39, 0.29) is 23.2 Å². The molecular weight excluding hydrogens is 346 g/mol. The predicted octanol–water partition coefficient (Wildman–Crippen LogP) is 2.04. The molecule has 0 fully saturated rings. The fraction of sp³-hybridized carbons (Fsp3) is 0.158. The second kappa shape index (κ2) is 6.56. The van der Waals surface area contributed by atoms with E-state index in [0.717, 1.165) is 22.2 Å². The number of H-pyrrole nitrogens is 1. The maximum atomic E-state index is 12.0. The van der Waals surface area contributed by atoms with Crippen molar-refractivity contribution >= 4 is 22.4 Å². The summed E-state index contributed by atoms with van der Waals surface area (Å²) in [6.45, 7) is 2.23. The van der Waals surface area contributed by atoms with Crippen LogP contribution in [-0.2, 0) is 6.54 Å². The minimum atomic E-state index is -0.545. The number of hydrogen-bond donors (Lipinski definition) is 4. The molecule has 4 aromatic rings. The Kier molecular flexibility index (Phi) is 4.08. The van der Waals surface area contributed by atoms with E-state index in [1.807, 2.05) is 31.2 Å². The molecule has 0 saturated heterocycles. The Morgan fingerprint density at radius 3 is 2.74 bits per heavy atom. The molecule has 3 aromatic carbocycles. The molecular formula is C19H17N5O3. The zero-order valence-electron chi connectivity index (χ0n) is 14.5. The van der Waals surface area contributed by atoms with Crippen LogP contribution >= 0.6 is 0 Å². The van der Waals surface area contributed by atoms with Gasteiger partial charge in [0.1, 0.15) is 22.6 Å². The Bertz CT molecular complexity index is 1190. The van der Waals surface area contributed by atoms with Gasteiger partial charge in [-0.3, -0.25) is 14.7 Å². The summed E-state index contributed by atoms with van der Waals surface area (Å²) < 4.78 is 0. The van der Waals surface area contributed by atoms with Crippen molar-refractivity contribution in [2.75, 3.05) is 10.6 Å². The zero-order valence-corrected chi connectivity index (χ0v) is 14.5. The first-order valence-electron chi connectivity index (χ1n) is 8.45. The van der Waals surface area contributed by atoms with Gasteiger partial charge in [0.15, 0.2) is 0 Å². The van der Waals surface area contributed by atoms with E-state index in [4.69, 9.17) is 0 Å². The van der Waals surface area contributed by atoms with E-state index < -0.39 is 10.9 Å². The van der Waals surface area contributed by atoms with E-state index in [0.29, 0.717) is 6.54 Å². The summed E-state index contributed by atoms with van der Waals surface area (Å²) in [5.74, 6) is 0.146. The lowest BCUT2D eigenvalue weighted by atomic mass is 10.1. The van der Waals surface area contributed by atoms with Crippen molar-refractivity contribution in [3.8, 4) is 5.75 Å². The van der Waals surface area contributed by atoms with Crippen molar-refractivity contribution in [3.63, 3.8) is 0 Å². The Morgan fingerprint density at radius 2 is 1.93 bits per heavy atom. The minimum Gasteiger partial charge on any atom is -0.508 e. The molecule has 0 aliphatic heterocycles. The summed E-state index contributed by atoms with van der Waals surface area (Å²) in [5.41, 5.74) is 2.73. The maximum Gasteiger partial charge on any atom is 0.253 e. The molecule has 1 heterocycles. The molecule has 0 radical (unpaired) electrons. The average Bonchev–Trinajstić information content (AvgIpc) is 3.14. The SMILES string of the molecule is C[C@@H](Nc1c(NCc2ccc3[nH]nnc3c2)c(=O)c1=O)c1cccc(O)c1. The Hall–Kier alpha value is -3.68. The largest absolute Gasteiger partial charge is 0.508 e. The number of aromatic amines is 1. The molecule has 0 bridgehead atoms. The van der Waals surface area contributed by atoms with Gasteiger partial charge < -0.3 is 15.7 Å². The first-order chi connectivity index (χ1) is 13.0. The van der Waals surface area contributed by atoms with Gasteiger partial charge in [-0.25, -0.2) is 0 Å². The van der Waals surface area contributed by atoms with Gasteiger partial charge in [-0.05, 0) is 42.3 Å². The first-order valence-corrected chi connectivity index (χ1v) is 8.45. The van der Waals surface area contributed by atoms with Crippen LogP contribution in [0, 0.1) is 0 Å². The highest BCUT2D eigenvalue weighted by atomic mass is 16.3. The molecule has 4 N–H and O–H groups in total. The summed E-state index contributed by atoms with van der Waals surface area (Å²) in [7, 11) is 0. The van der Waals surface area contributed by atoms with Crippen molar-refractivity contribution in [2.24, 2.45) is 0 Å². The van der Waals surface area contributed by atoms with Crippen LogP contribution in [0.1, 0.15) is 24.1 Å². The number of aromatic hydroxyl groups is 1. The Morgan fingerprint density at radius 1 is 1.11 bits per heavy atom. The number of fused-ring (bicyclic) bond motifs is 1. The lowest BCUT2D eigenvalue weighted by Gasteiger charge is -2.20. The van der Waals surface area contributed by atoms with Crippen LogP contribution in [0.3, 0.4) is 0 Å². The van der Waals surface area contributed by atoms with Crippen LogP contribution in [0.15, 0.2) is 52.1 Å². The third-order valence-corrected chi connectivity index (χ3v) is 4.50. The number of hydrogen-bond acceptors (Lipinski definition) is 7. The topological polar surface area (TPSA) is 120 Å². The monoisotopic (exact) mass is 363 g/mol. The number of rotatable bonds is 6. The lowest BCUT2D eigenvalue weighted by molar-refractivity contribution is 0.474. The minimum absolute atomic E-state index is 0.146. The van der Waals surface area contributed by atoms with E-state index in [2.05, 4.69) is 26.0 Å². The van der Waals surface area contributed by atoms with E-state index in [9.17, 15) is 14.7 Å². The van der Waals surface area contributed by atoms with Crippen molar-refractivity contribution in [1.82, 2.24) is 15.4 Å². The third kappa shape index (κ3) is 3.12. The summed E-state index contributed by atoms with van der Waals surface area (Å²) in [4.78, 5) is 23.9. The summed E-state index contributed by atoms with van der Waals surface area (Å²) in [6.07, 6.45) is 0. The number of nitrogens with zero attached hydrogens (tertiary/aromatic N) is 2. The Labute approximate surface area is 153 Å². The number of nitrogens with one attached hydrogen (secondary N) is 3. The standard InChI is InChI=1S/C19H17N5O3/c1-10(12-3-2-4-13(25)8-12)21-17-16(18(26)19(17)27)20-9-11-5-6-14-15(7-11)23-24-22-14/h2-8,10,20-21,25H,9H2,1H3,(H,22,23,24)/t10-/m1/s1. The molecule has 0 amide bonds. The molecule has 0 saturated carbocycles. The van der Waals surface area contributed by atoms with Gasteiger partial charge in [0.25, 0.3) is 10.9 Å². The van der Waals surface area contributed by atoms with Crippen molar-refractivity contribution in [1.29, 1.82) is 0 Å². The van der Waals surface area contributed by atoms with Gasteiger partial charge >= 0.3 is 0 Å². The van der Waals surface area contributed by atoms with Crippen molar-refractivity contribution in [2.45, 2.75) is 19.5 Å². The Balaban J connectivity index is 1.50. The number of phenols is 1. The highest BCUT2D eigenvalue weighted by molar-refractivity contribution is 5.76. The molecule has 136 valence electrons. The van der Waals surface area contributed by atoms with Crippen LogP contribution in [0.25, 0.3) is 11.0 Å². The second-order valence-electron chi connectivity index (χ2n) is 6.39. The molecule has 8 heteroatoms. The quantitative estimate of drug-likeness (QED) is 0.387.